The van der Waals surface area contributed by atoms with Gasteiger partial charge in [0.2, 0.25) is 0 Å². The van der Waals surface area contributed by atoms with Gasteiger partial charge in [-0.25, -0.2) is 0 Å². The Kier molecular flexibility index (Phi) is 16.5. The van der Waals surface area contributed by atoms with Crippen LogP contribution >= 0.6 is 0 Å². The summed E-state index contributed by atoms with van der Waals surface area (Å²) in [5, 5.41) is 0.205. The quantitative estimate of drug-likeness (QED) is 0.232. The SMILES string of the molecule is COC(C)COC(C)COC(C)COC(C)COC(C)COC(C)CO[Si](C)(C)C(C)(C)C. The third-order valence-corrected chi connectivity index (χ3v) is 10.5. The normalized spacial score (nSPS) is 18.5. The molecule has 0 fully saturated rings. The monoisotopic (exact) mass is 494 g/mol. The smallest absolute Gasteiger partial charge is 0.192 e. The van der Waals surface area contributed by atoms with E-state index in [9.17, 15) is 0 Å². The van der Waals surface area contributed by atoms with E-state index in [2.05, 4.69) is 40.8 Å². The minimum atomic E-state index is -1.75. The molecule has 0 radical (unpaired) electrons. The number of hydrogen-bond acceptors (Lipinski definition) is 7. The lowest BCUT2D eigenvalue weighted by molar-refractivity contribution is -0.101. The Morgan fingerprint density at radius 2 is 0.788 bits per heavy atom. The third-order valence-electron chi connectivity index (χ3n) is 5.96. The van der Waals surface area contributed by atoms with Crippen LogP contribution in [0.1, 0.15) is 62.3 Å². The largest absolute Gasteiger partial charge is 0.414 e. The van der Waals surface area contributed by atoms with Gasteiger partial charge in [0, 0.05) is 7.11 Å². The highest BCUT2D eigenvalue weighted by molar-refractivity contribution is 6.74. The van der Waals surface area contributed by atoms with Gasteiger partial charge in [-0.1, -0.05) is 20.8 Å². The highest BCUT2D eigenvalue weighted by atomic mass is 28.4. The summed E-state index contributed by atoms with van der Waals surface area (Å²) in [6.45, 7) is 26.6. The Hall–Kier alpha value is -0.0631. The van der Waals surface area contributed by atoms with Crippen LogP contribution in [0.2, 0.25) is 18.1 Å². The molecule has 0 aliphatic rings. The van der Waals surface area contributed by atoms with E-state index in [0.717, 1.165) is 0 Å². The van der Waals surface area contributed by atoms with Gasteiger partial charge in [0.05, 0.1) is 76.3 Å². The number of rotatable bonds is 19. The van der Waals surface area contributed by atoms with E-state index < -0.39 is 8.32 Å². The Labute approximate surface area is 205 Å². The molecule has 0 aromatic carbocycles. The molecule has 0 heterocycles. The fourth-order valence-corrected chi connectivity index (χ4v) is 3.43. The number of methoxy groups -OCH3 is 1. The molecule has 0 aromatic rings. The van der Waals surface area contributed by atoms with Gasteiger partial charge < -0.3 is 32.8 Å². The molecule has 0 aliphatic heterocycles. The first-order valence-electron chi connectivity index (χ1n) is 12.4. The van der Waals surface area contributed by atoms with Crippen LogP contribution in [0.3, 0.4) is 0 Å². The summed E-state index contributed by atoms with van der Waals surface area (Å²) in [6.07, 6.45) is 0.102. The second-order valence-corrected chi connectivity index (χ2v) is 15.6. The van der Waals surface area contributed by atoms with E-state index in [0.29, 0.717) is 39.6 Å². The molecule has 0 N–H and O–H groups in total. The molecule has 0 aliphatic carbocycles. The molecule has 33 heavy (non-hydrogen) atoms. The zero-order valence-corrected chi connectivity index (χ0v) is 24.6. The van der Waals surface area contributed by atoms with Gasteiger partial charge in [0.15, 0.2) is 8.32 Å². The maximum absolute atomic E-state index is 6.23. The van der Waals surface area contributed by atoms with Crippen molar-refractivity contribution in [3.8, 4) is 0 Å². The Balaban J connectivity index is 3.94. The van der Waals surface area contributed by atoms with E-state index in [4.69, 9.17) is 32.8 Å². The van der Waals surface area contributed by atoms with Gasteiger partial charge >= 0.3 is 0 Å². The molecule has 0 amide bonds. The lowest BCUT2D eigenvalue weighted by Crippen LogP contribution is -2.42. The number of hydrogen-bond donors (Lipinski definition) is 0. The van der Waals surface area contributed by atoms with Gasteiger partial charge in [-0.2, -0.15) is 0 Å². The summed E-state index contributed by atoms with van der Waals surface area (Å²) in [5.74, 6) is 0. The van der Waals surface area contributed by atoms with E-state index >= 15 is 0 Å². The average molecular weight is 495 g/mol. The third kappa shape index (κ3) is 16.3. The summed E-state index contributed by atoms with van der Waals surface area (Å²) in [7, 11) is -0.0655. The van der Waals surface area contributed by atoms with Crippen molar-refractivity contribution in [3.05, 3.63) is 0 Å². The fourth-order valence-electron chi connectivity index (χ4n) is 2.35. The molecule has 0 bridgehead atoms. The van der Waals surface area contributed by atoms with Gasteiger partial charge in [0.25, 0.3) is 0 Å². The molecule has 7 nitrogen and oxygen atoms in total. The van der Waals surface area contributed by atoms with Crippen LogP contribution in [0.15, 0.2) is 0 Å². The van der Waals surface area contributed by atoms with Crippen molar-refractivity contribution < 1.29 is 32.8 Å². The van der Waals surface area contributed by atoms with Gasteiger partial charge in [-0.15, -0.1) is 0 Å². The molecule has 0 spiro atoms. The summed E-state index contributed by atoms with van der Waals surface area (Å²) in [5.41, 5.74) is 0. The first kappa shape index (κ1) is 32.9. The molecule has 0 saturated heterocycles. The van der Waals surface area contributed by atoms with Gasteiger partial charge in [-0.05, 0) is 59.7 Å². The molecular formula is C25H54O7Si. The highest BCUT2D eigenvalue weighted by Gasteiger charge is 2.37. The summed E-state index contributed by atoms with van der Waals surface area (Å²) in [4.78, 5) is 0. The maximum Gasteiger partial charge on any atom is 0.192 e. The average Bonchev–Trinajstić information content (AvgIpc) is 2.74. The molecule has 0 aromatic heterocycles. The molecular weight excluding hydrogens is 440 g/mol. The van der Waals surface area contributed by atoms with Crippen LogP contribution in [0.5, 0.6) is 0 Å². The summed E-state index contributed by atoms with van der Waals surface area (Å²) >= 11 is 0. The predicted molar refractivity (Wildman–Crippen MR) is 137 cm³/mol. The molecule has 6 unspecified atom stereocenters. The lowest BCUT2D eigenvalue weighted by Gasteiger charge is -2.37. The molecule has 6 atom stereocenters. The first-order valence-corrected chi connectivity index (χ1v) is 15.3. The topological polar surface area (TPSA) is 64.6 Å². The van der Waals surface area contributed by atoms with Crippen molar-refractivity contribution in [2.45, 2.75) is 117 Å². The highest BCUT2D eigenvalue weighted by Crippen LogP contribution is 2.36. The second kappa shape index (κ2) is 16.6. The fraction of sp³-hybridized carbons (Fsp3) is 1.00. The molecule has 0 saturated carbocycles. The Morgan fingerprint density at radius 3 is 1.06 bits per heavy atom. The van der Waals surface area contributed by atoms with Gasteiger partial charge in [-0.3, -0.25) is 0 Å². The Bertz CT molecular complexity index is 484. The summed E-state index contributed by atoms with van der Waals surface area (Å²) in [6, 6.07) is 0. The van der Waals surface area contributed by atoms with Crippen LogP contribution in [-0.4, -0.2) is 91.7 Å². The van der Waals surface area contributed by atoms with Gasteiger partial charge in [0.1, 0.15) is 0 Å². The minimum absolute atomic E-state index is 0.00691. The van der Waals surface area contributed by atoms with E-state index in [1.54, 1.807) is 7.11 Å². The summed E-state index contributed by atoms with van der Waals surface area (Å²) < 4.78 is 40.6. The van der Waals surface area contributed by atoms with Crippen molar-refractivity contribution in [1.29, 1.82) is 0 Å². The molecule has 8 heteroatoms. The number of ether oxygens (including phenoxy) is 6. The first-order chi connectivity index (χ1) is 15.2. The van der Waals surface area contributed by atoms with Crippen molar-refractivity contribution in [3.63, 3.8) is 0 Å². The molecule has 200 valence electrons. The van der Waals surface area contributed by atoms with E-state index in [1.165, 1.54) is 0 Å². The van der Waals surface area contributed by atoms with Crippen molar-refractivity contribution >= 4 is 8.32 Å². The van der Waals surface area contributed by atoms with Crippen LogP contribution in [0.4, 0.5) is 0 Å². The van der Waals surface area contributed by atoms with Crippen LogP contribution < -0.4 is 0 Å². The van der Waals surface area contributed by atoms with Crippen LogP contribution in [-0.2, 0) is 32.8 Å². The van der Waals surface area contributed by atoms with Crippen LogP contribution in [0, 0.1) is 0 Å². The zero-order chi connectivity index (χ0) is 25.7. The maximum atomic E-state index is 6.23. The van der Waals surface area contributed by atoms with E-state index in [-0.39, 0.29) is 41.7 Å². The van der Waals surface area contributed by atoms with Crippen molar-refractivity contribution in [2.24, 2.45) is 0 Å². The second-order valence-electron chi connectivity index (χ2n) is 10.8. The minimum Gasteiger partial charge on any atom is -0.414 e. The Morgan fingerprint density at radius 1 is 0.515 bits per heavy atom. The van der Waals surface area contributed by atoms with E-state index in [1.807, 2.05) is 34.6 Å². The van der Waals surface area contributed by atoms with Crippen LogP contribution in [0.25, 0.3) is 0 Å². The molecule has 0 rings (SSSR count). The lowest BCUT2D eigenvalue weighted by atomic mass is 10.2. The van der Waals surface area contributed by atoms with Crippen molar-refractivity contribution in [1.82, 2.24) is 0 Å². The zero-order valence-electron chi connectivity index (χ0n) is 23.6. The van der Waals surface area contributed by atoms with Crippen molar-refractivity contribution in [2.75, 3.05) is 46.8 Å². The predicted octanol–water partition coefficient (Wildman–Crippen LogP) is 5.07. The standard InChI is InChI=1S/C25H54O7Si/c1-19(26-10)13-27-20(2)14-28-21(3)15-29-22(4)16-30-23(5)17-31-24(6)18-32-33(11,12)25(7,8)9/h19-24H,13-18H2,1-12H3.